The molecule has 3 rings (SSSR count). The van der Waals surface area contributed by atoms with Crippen LogP contribution in [0.1, 0.15) is 22.8 Å². The van der Waals surface area contributed by atoms with Crippen molar-refractivity contribution in [3.8, 4) is 5.75 Å². The van der Waals surface area contributed by atoms with Crippen LogP contribution in [0.2, 0.25) is 5.02 Å². The van der Waals surface area contributed by atoms with Gasteiger partial charge in [0.15, 0.2) is 6.10 Å². The molecule has 1 amide bonds. The van der Waals surface area contributed by atoms with Gasteiger partial charge in [-0.1, -0.05) is 48.0 Å². The van der Waals surface area contributed by atoms with Crippen molar-refractivity contribution in [2.75, 3.05) is 5.32 Å². The average molecular weight is 411 g/mol. The number of carbonyl (C=O) groups is 2. The molecule has 0 saturated carbocycles. The zero-order valence-electron chi connectivity index (χ0n) is 15.7. The molecule has 29 heavy (non-hydrogen) atoms. The largest absolute Gasteiger partial charge is 0.489 e. The number of amides is 1. The zero-order chi connectivity index (χ0) is 20.6. The molecule has 1 N–H and O–H groups in total. The minimum absolute atomic E-state index is 0.292. The summed E-state index contributed by atoms with van der Waals surface area (Å²) in [6.07, 6.45) is 0.406. The van der Waals surface area contributed by atoms with Gasteiger partial charge >= 0.3 is 5.97 Å². The Morgan fingerprint density at radius 3 is 2.59 bits per heavy atom. The lowest BCUT2D eigenvalue weighted by molar-refractivity contribution is -0.123. The molecule has 3 aromatic rings. The fraction of sp³-hybridized carbons (Fsp3) is 0.136. The maximum absolute atomic E-state index is 12.4. The van der Waals surface area contributed by atoms with Gasteiger partial charge in [-0.15, -0.1) is 0 Å². The molecule has 0 bridgehead atoms. The van der Waals surface area contributed by atoms with Gasteiger partial charge in [0.25, 0.3) is 5.91 Å². The quantitative estimate of drug-likeness (QED) is 0.580. The smallest absolute Gasteiger partial charge is 0.339 e. The summed E-state index contributed by atoms with van der Waals surface area (Å²) < 4.78 is 11.0. The number of nitrogens with zero attached hydrogens (tertiary/aromatic N) is 1. The van der Waals surface area contributed by atoms with Crippen molar-refractivity contribution in [1.82, 2.24) is 4.98 Å². The van der Waals surface area contributed by atoms with Gasteiger partial charge in [0.1, 0.15) is 18.2 Å². The maximum atomic E-state index is 12.4. The molecular formula is C22H19ClN2O4. The summed E-state index contributed by atoms with van der Waals surface area (Å²) in [6, 6.07) is 19.5. The van der Waals surface area contributed by atoms with Crippen molar-refractivity contribution < 1.29 is 19.1 Å². The van der Waals surface area contributed by atoms with E-state index in [0.29, 0.717) is 28.8 Å². The van der Waals surface area contributed by atoms with Gasteiger partial charge in [-0.3, -0.25) is 4.79 Å². The van der Waals surface area contributed by atoms with E-state index in [1.165, 1.54) is 13.1 Å². The van der Waals surface area contributed by atoms with Crippen molar-refractivity contribution >= 4 is 29.3 Å². The number of hydrogen-bond acceptors (Lipinski definition) is 5. The molecule has 148 valence electrons. The molecular weight excluding hydrogens is 392 g/mol. The molecule has 1 aromatic heterocycles. The van der Waals surface area contributed by atoms with E-state index in [-0.39, 0.29) is 0 Å². The highest BCUT2D eigenvalue weighted by atomic mass is 35.5. The lowest BCUT2D eigenvalue weighted by atomic mass is 10.2. The third-order valence-electron chi connectivity index (χ3n) is 3.95. The predicted molar refractivity (Wildman–Crippen MR) is 110 cm³/mol. The molecule has 0 saturated heterocycles. The second kappa shape index (κ2) is 9.71. The zero-order valence-corrected chi connectivity index (χ0v) is 16.4. The van der Waals surface area contributed by atoms with E-state index in [0.717, 1.165) is 5.56 Å². The van der Waals surface area contributed by atoms with E-state index in [1.807, 2.05) is 30.3 Å². The number of nitrogens with one attached hydrogen (secondary N) is 1. The van der Waals surface area contributed by atoms with Gasteiger partial charge in [-0.25, -0.2) is 9.78 Å². The van der Waals surface area contributed by atoms with Crippen LogP contribution in [0.15, 0.2) is 72.9 Å². The van der Waals surface area contributed by atoms with Gasteiger partial charge in [-0.05, 0) is 42.8 Å². The van der Waals surface area contributed by atoms with Crippen molar-refractivity contribution in [2.45, 2.75) is 19.6 Å². The summed E-state index contributed by atoms with van der Waals surface area (Å²) in [5.41, 5.74) is 1.31. The topological polar surface area (TPSA) is 77.5 Å². The summed E-state index contributed by atoms with van der Waals surface area (Å²) >= 11 is 5.76. The minimum atomic E-state index is -1.01. The highest BCUT2D eigenvalue weighted by Gasteiger charge is 2.19. The van der Waals surface area contributed by atoms with Crippen LogP contribution in [0.5, 0.6) is 5.75 Å². The molecule has 1 heterocycles. The summed E-state index contributed by atoms with van der Waals surface area (Å²) in [5, 5.41) is 3.02. The lowest BCUT2D eigenvalue weighted by Crippen LogP contribution is -2.30. The summed E-state index contributed by atoms with van der Waals surface area (Å²) in [4.78, 5) is 28.6. The first kappa shape index (κ1) is 20.4. The lowest BCUT2D eigenvalue weighted by Gasteiger charge is -2.14. The van der Waals surface area contributed by atoms with E-state index in [9.17, 15) is 9.59 Å². The van der Waals surface area contributed by atoms with Crippen LogP contribution in [0.3, 0.4) is 0 Å². The van der Waals surface area contributed by atoms with Crippen LogP contribution in [-0.2, 0) is 16.1 Å². The van der Waals surface area contributed by atoms with E-state index in [2.05, 4.69) is 10.3 Å². The van der Waals surface area contributed by atoms with E-state index in [4.69, 9.17) is 21.1 Å². The SMILES string of the molecule is CC(OC(=O)c1cccc(OCc2ccccc2)c1)C(=O)Nc1ccc(Cl)cn1. The monoisotopic (exact) mass is 410 g/mol. The standard InChI is InChI=1S/C22H19ClN2O4/c1-15(21(26)25-20-11-10-18(23)13-24-20)29-22(27)17-8-5-9-19(12-17)28-14-16-6-3-2-4-7-16/h2-13,15H,14H2,1H3,(H,24,25,26). The number of halogens is 1. The molecule has 0 aliphatic carbocycles. The van der Waals surface area contributed by atoms with Crippen LogP contribution in [-0.4, -0.2) is 23.0 Å². The molecule has 0 radical (unpaired) electrons. The predicted octanol–water partition coefficient (Wildman–Crippen LogP) is 4.50. The number of rotatable bonds is 7. The molecule has 1 unspecified atom stereocenters. The highest BCUT2D eigenvalue weighted by Crippen LogP contribution is 2.17. The number of carbonyl (C=O) groups excluding carboxylic acids is 2. The van der Waals surface area contributed by atoms with E-state index in [1.54, 1.807) is 36.4 Å². The Morgan fingerprint density at radius 1 is 1.07 bits per heavy atom. The number of pyridine rings is 1. The molecule has 2 aromatic carbocycles. The fourth-order valence-electron chi connectivity index (χ4n) is 2.41. The minimum Gasteiger partial charge on any atom is -0.489 e. The van der Waals surface area contributed by atoms with Gasteiger partial charge in [-0.2, -0.15) is 0 Å². The number of hydrogen-bond donors (Lipinski definition) is 1. The Labute approximate surface area is 173 Å². The van der Waals surface area contributed by atoms with Crippen LogP contribution >= 0.6 is 11.6 Å². The summed E-state index contributed by atoms with van der Waals surface area (Å²) in [7, 11) is 0. The first-order valence-corrected chi connectivity index (χ1v) is 9.29. The number of ether oxygens (including phenoxy) is 2. The fourth-order valence-corrected chi connectivity index (χ4v) is 2.53. The molecule has 0 aliphatic heterocycles. The van der Waals surface area contributed by atoms with Crippen LogP contribution < -0.4 is 10.1 Å². The van der Waals surface area contributed by atoms with Crippen LogP contribution in [0.25, 0.3) is 0 Å². The second-order valence-electron chi connectivity index (χ2n) is 6.20. The van der Waals surface area contributed by atoms with Crippen molar-refractivity contribution in [2.24, 2.45) is 0 Å². The Bertz CT molecular complexity index is 978. The Kier molecular flexibility index (Phi) is 6.81. The van der Waals surface area contributed by atoms with Crippen LogP contribution in [0.4, 0.5) is 5.82 Å². The molecule has 0 spiro atoms. The number of esters is 1. The molecule has 1 atom stereocenters. The highest BCUT2D eigenvalue weighted by molar-refractivity contribution is 6.30. The first-order chi connectivity index (χ1) is 14.0. The van der Waals surface area contributed by atoms with Crippen molar-refractivity contribution in [3.05, 3.63) is 89.1 Å². The Balaban J connectivity index is 1.56. The molecule has 0 fully saturated rings. The Morgan fingerprint density at radius 2 is 1.86 bits per heavy atom. The number of benzene rings is 2. The van der Waals surface area contributed by atoms with Gasteiger partial charge in [0, 0.05) is 6.20 Å². The van der Waals surface area contributed by atoms with Gasteiger partial charge < -0.3 is 14.8 Å². The maximum Gasteiger partial charge on any atom is 0.339 e. The molecule has 6 nitrogen and oxygen atoms in total. The van der Waals surface area contributed by atoms with Crippen molar-refractivity contribution in [1.29, 1.82) is 0 Å². The molecule has 0 aliphatic rings. The average Bonchev–Trinajstić information content (AvgIpc) is 2.74. The van der Waals surface area contributed by atoms with Crippen LogP contribution in [0, 0.1) is 0 Å². The Hall–Kier alpha value is -3.38. The van der Waals surface area contributed by atoms with E-state index < -0.39 is 18.0 Å². The van der Waals surface area contributed by atoms with Gasteiger partial charge in [0.2, 0.25) is 0 Å². The first-order valence-electron chi connectivity index (χ1n) is 8.91. The third-order valence-corrected chi connectivity index (χ3v) is 4.17. The third kappa shape index (κ3) is 6.05. The number of aromatic nitrogens is 1. The normalized spacial score (nSPS) is 11.4. The second-order valence-corrected chi connectivity index (χ2v) is 6.64. The van der Waals surface area contributed by atoms with E-state index >= 15 is 0 Å². The number of anilines is 1. The summed E-state index contributed by atoms with van der Waals surface area (Å²) in [5.74, 6) is -0.268. The van der Waals surface area contributed by atoms with Crippen molar-refractivity contribution in [3.63, 3.8) is 0 Å². The van der Waals surface area contributed by atoms with Gasteiger partial charge in [0.05, 0.1) is 10.6 Å². The molecule has 7 heteroatoms. The summed E-state index contributed by atoms with van der Waals surface area (Å²) in [6.45, 7) is 1.87.